The molecule has 2 unspecified atom stereocenters. The third-order valence-electron chi connectivity index (χ3n) is 4.70. The lowest BCUT2D eigenvalue weighted by molar-refractivity contribution is 0.248. The normalized spacial score (nSPS) is 23.8. The minimum Gasteiger partial charge on any atom is -0.361 e. The van der Waals surface area contributed by atoms with Gasteiger partial charge in [0.1, 0.15) is 0 Å². The van der Waals surface area contributed by atoms with Gasteiger partial charge >= 0.3 is 0 Å². The van der Waals surface area contributed by atoms with Gasteiger partial charge in [0, 0.05) is 23.6 Å². The van der Waals surface area contributed by atoms with Crippen molar-refractivity contribution >= 4 is 10.9 Å². The lowest BCUT2D eigenvalue weighted by atomic mass is 9.80. The minimum absolute atomic E-state index is 0.874. The van der Waals surface area contributed by atoms with Crippen molar-refractivity contribution in [2.75, 3.05) is 6.54 Å². The summed E-state index contributed by atoms with van der Waals surface area (Å²) < 4.78 is 0. The van der Waals surface area contributed by atoms with Crippen molar-refractivity contribution in [1.82, 2.24) is 10.3 Å². The highest BCUT2D eigenvalue weighted by Crippen LogP contribution is 2.29. The van der Waals surface area contributed by atoms with Crippen LogP contribution < -0.4 is 5.32 Å². The van der Waals surface area contributed by atoms with Gasteiger partial charge < -0.3 is 10.3 Å². The van der Waals surface area contributed by atoms with Crippen LogP contribution in [0.15, 0.2) is 30.5 Å². The Kier molecular flexibility index (Phi) is 3.88. The topological polar surface area (TPSA) is 27.8 Å². The Labute approximate surface area is 115 Å². The number of fused-ring (bicyclic) bond motifs is 1. The van der Waals surface area contributed by atoms with Crippen LogP contribution in [-0.4, -0.2) is 11.5 Å². The van der Waals surface area contributed by atoms with Gasteiger partial charge in [-0.05, 0) is 42.5 Å². The molecule has 0 amide bonds. The van der Waals surface area contributed by atoms with Crippen molar-refractivity contribution in [2.24, 2.45) is 11.8 Å². The summed E-state index contributed by atoms with van der Waals surface area (Å²) in [6.45, 7) is 4.57. The summed E-state index contributed by atoms with van der Waals surface area (Å²) in [5.41, 5.74) is 2.65. The van der Waals surface area contributed by atoms with E-state index >= 15 is 0 Å². The molecule has 1 aliphatic carbocycles. The van der Waals surface area contributed by atoms with Crippen molar-refractivity contribution in [3.05, 3.63) is 36.0 Å². The van der Waals surface area contributed by atoms with Gasteiger partial charge in [0.2, 0.25) is 0 Å². The molecule has 1 fully saturated rings. The average molecular weight is 256 g/mol. The fourth-order valence-corrected chi connectivity index (χ4v) is 3.39. The predicted octanol–water partition coefficient (Wildman–Crippen LogP) is 4.08. The number of benzene rings is 1. The van der Waals surface area contributed by atoms with E-state index in [9.17, 15) is 0 Å². The summed E-state index contributed by atoms with van der Waals surface area (Å²) in [5, 5.41) is 5.02. The Morgan fingerprint density at radius 3 is 3.00 bits per heavy atom. The molecule has 0 saturated heterocycles. The summed E-state index contributed by atoms with van der Waals surface area (Å²) in [5.74, 6) is 1.77. The molecule has 2 N–H and O–H groups in total. The highest BCUT2D eigenvalue weighted by Gasteiger charge is 2.20. The molecular formula is C17H24N2. The summed E-state index contributed by atoms with van der Waals surface area (Å²) in [4.78, 5) is 3.28. The molecule has 1 aliphatic rings. The maximum absolute atomic E-state index is 3.67. The molecule has 3 rings (SSSR count). The first-order valence-corrected chi connectivity index (χ1v) is 7.60. The molecule has 19 heavy (non-hydrogen) atoms. The Hall–Kier alpha value is -1.28. The van der Waals surface area contributed by atoms with E-state index in [2.05, 4.69) is 41.5 Å². The highest BCUT2D eigenvalue weighted by molar-refractivity contribution is 5.82. The Morgan fingerprint density at radius 2 is 2.11 bits per heavy atom. The van der Waals surface area contributed by atoms with Crippen molar-refractivity contribution in [3.8, 4) is 0 Å². The van der Waals surface area contributed by atoms with Crippen LogP contribution in [0.3, 0.4) is 0 Å². The molecule has 2 atom stereocenters. The zero-order valence-corrected chi connectivity index (χ0v) is 11.8. The number of rotatable bonds is 4. The third kappa shape index (κ3) is 2.84. The van der Waals surface area contributed by atoms with E-state index in [0.717, 1.165) is 18.4 Å². The lowest BCUT2D eigenvalue weighted by Gasteiger charge is -2.29. The highest BCUT2D eigenvalue weighted by atomic mass is 14.9. The zero-order chi connectivity index (χ0) is 13.1. The summed E-state index contributed by atoms with van der Waals surface area (Å²) in [7, 11) is 0. The van der Waals surface area contributed by atoms with Crippen LogP contribution in [0.4, 0.5) is 0 Å². The van der Waals surface area contributed by atoms with Gasteiger partial charge in [0.25, 0.3) is 0 Å². The molecule has 0 bridgehead atoms. The van der Waals surface area contributed by atoms with Crippen molar-refractivity contribution in [1.29, 1.82) is 0 Å². The number of nitrogens with one attached hydrogen (secondary N) is 2. The largest absolute Gasteiger partial charge is 0.361 e. The molecule has 0 aliphatic heterocycles. The van der Waals surface area contributed by atoms with Crippen molar-refractivity contribution in [2.45, 2.75) is 39.2 Å². The molecule has 1 saturated carbocycles. The van der Waals surface area contributed by atoms with Crippen LogP contribution in [0.5, 0.6) is 0 Å². The van der Waals surface area contributed by atoms with Gasteiger partial charge in [-0.15, -0.1) is 0 Å². The van der Waals surface area contributed by atoms with Crippen molar-refractivity contribution < 1.29 is 0 Å². The number of hydrogen-bond acceptors (Lipinski definition) is 1. The minimum atomic E-state index is 0.874. The number of aromatic amines is 1. The fraction of sp³-hybridized carbons (Fsp3) is 0.529. The van der Waals surface area contributed by atoms with Crippen LogP contribution in [0.25, 0.3) is 10.9 Å². The number of aromatic nitrogens is 1. The second kappa shape index (κ2) is 5.79. The van der Waals surface area contributed by atoms with E-state index in [0.29, 0.717) is 0 Å². The quantitative estimate of drug-likeness (QED) is 0.847. The zero-order valence-electron chi connectivity index (χ0n) is 11.8. The molecule has 0 spiro atoms. The molecule has 0 radical (unpaired) electrons. The van der Waals surface area contributed by atoms with E-state index in [4.69, 9.17) is 0 Å². The molecule has 1 heterocycles. The molecule has 2 aromatic rings. The first-order valence-electron chi connectivity index (χ1n) is 7.60. The van der Waals surface area contributed by atoms with Crippen LogP contribution in [0, 0.1) is 11.8 Å². The van der Waals surface area contributed by atoms with Crippen LogP contribution in [0.1, 0.15) is 38.2 Å². The van der Waals surface area contributed by atoms with Crippen molar-refractivity contribution in [3.63, 3.8) is 0 Å². The van der Waals surface area contributed by atoms with Gasteiger partial charge in [-0.2, -0.15) is 0 Å². The average Bonchev–Trinajstić information content (AvgIpc) is 2.90. The molecule has 102 valence electrons. The molecule has 1 aromatic heterocycles. The lowest BCUT2D eigenvalue weighted by Crippen LogP contribution is -2.29. The van der Waals surface area contributed by atoms with Crippen LogP contribution >= 0.6 is 0 Å². The maximum Gasteiger partial charge on any atom is 0.0457 e. The Balaban J connectivity index is 1.58. The Morgan fingerprint density at radius 1 is 1.21 bits per heavy atom. The van der Waals surface area contributed by atoms with Gasteiger partial charge in [0.05, 0.1) is 0 Å². The Bertz CT molecular complexity index is 529. The third-order valence-corrected chi connectivity index (χ3v) is 4.70. The fourth-order valence-electron chi connectivity index (χ4n) is 3.39. The molecule has 1 aromatic carbocycles. The smallest absolute Gasteiger partial charge is 0.0457 e. The first kappa shape index (κ1) is 12.7. The van der Waals surface area contributed by atoms with E-state index in [-0.39, 0.29) is 0 Å². The SMILES string of the molecule is CC1CCCCC1CNCc1cccc2[nH]ccc12. The first-order chi connectivity index (χ1) is 9.34. The van der Waals surface area contributed by atoms with Crippen LogP contribution in [-0.2, 0) is 6.54 Å². The number of hydrogen-bond donors (Lipinski definition) is 2. The summed E-state index contributed by atoms with van der Waals surface area (Å²) in [6, 6.07) is 8.68. The van der Waals surface area contributed by atoms with E-state index in [1.807, 2.05) is 6.20 Å². The van der Waals surface area contributed by atoms with Gasteiger partial charge in [0.15, 0.2) is 0 Å². The van der Waals surface area contributed by atoms with Gasteiger partial charge in [-0.25, -0.2) is 0 Å². The predicted molar refractivity (Wildman–Crippen MR) is 81.1 cm³/mol. The van der Waals surface area contributed by atoms with Gasteiger partial charge in [-0.1, -0.05) is 38.3 Å². The van der Waals surface area contributed by atoms with E-state index in [1.54, 1.807) is 0 Å². The number of H-pyrrole nitrogens is 1. The standard InChI is InChI=1S/C17H24N2/c1-13-5-2-3-6-14(13)11-18-12-15-7-4-8-17-16(15)9-10-19-17/h4,7-10,13-14,18-19H,2-3,5-6,11-12H2,1H3. The monoisotopic (exact) mass is 256 g/mol. The summed E-state index contributed by atoms with van der Waals surface area (Å²) in [6.07, 6.45) is 7.70. The van der Waals surface area contributed by atoms with E-state index in [1.165, 1.54) is 48.7 Å². The second-order valence-corrected chi connectivity index (χ2v) is 6.01. The molecule has 2 heteroatoms. The van der Waals surface area contributed by atoms with Gasteiger partial charge in [-0.3, -0.25) is 0 Å². The molecular weight excluding hydrogens is 232 g/mol. The maximum atomic E-state index is 3.67. The molecule has 2 nitrogen and oxygen atoms in total. The van der Waals surface area contributed by atoms with E-state index < -0.39 is 0 Å². The second-order valence-electron chi connectivity index (χ2n) is 6.01. The van der Waals surface area contributed by atoms with Crippen LogP contribution in [0.2, 0.25) is 0 Å². The summed E-state index contributed by atoms with van der Waals surface area (Å²) >= 11 is 0.